The lowest BCUT2D eigenvalue weighted by atomic mass is 10.3. The molecule has 0 aromatic carbocycles. The van der Waals surface area contributed by atoms with Gasteiger partial charge in [-0.2, -0.15) is 0 Å². The maximum absolute atomic E-state index is 10.6. The molecule has 0 bridgehead atoms. The third kappa shape index (κ3) is 5.57. The lowest BCUT2D eigenvalue weighted by Crippen LogP contribution is -2.34. The highest BCUT2D eigenvalue weighted by atomic mass is 16.5. The second kappa shape index (κ2) is 7.97. The van der Waals surface area contributed by atoms with E-state index < -0.39 is 0 Å². The normalized spacial score (nSPS) is 20.4. The van der Waals surface area contributed by atoms with Crippen LogP contribution in [0.25, 0.3) is 0 Å². The molecule has 78 valence electrons. The number of carbonyl (C=O) groups is 1. The third-order valence-electron chi connectivity index (χ3n) is 1.69. The van der Waals surface area contributed by atoms with Gasteiger partial charge in [0.1, 0.15) is 0 Å². The Balaban J connectivity index is 0.000000671. The lowest BCUT2D eigenvalue weighted by molar-refractivity contribution is -0.139. The van der Waals surface area contributed by atoms with E-state index in [-0.39, 0.29) is 12.5 Å². The Bertz CT molecular complexity index is 134. The van der Waals surface area contributed by atoms with Crippen LogP contribution in [0.3, 0.4) is 0 Å². The largest absolute Gasteiger partial charge is 0.468 e. The summed E-state index contributed by atoms with van der Waals surface area (Å²) in [5.41, 5.74) is 0. The Hall–Kier alpha value is -0.650. The average molecular weight is 191 g/mol. The van der Waals surface area contributed by atoms with Crippen LogP contribution in [-0.2, 0) is 14.3 Å². The Morgan fingerprint density at radius 2 is 2.38 bits per heavy atom. The summed E-state index contributed by atoms with van der Waals surface area (Å²) in [5, 5.41) is 10.0. The van der Waals surface area contributed by atoms with E-state index in [1.807, 2.05) is 0 Å². The van der Waals surface area contributed by atoms with Crippen LogP contribution in [-0.4, -0.2) is 51.1 Å². The van der Waals surface area contributed by atoms with Crippen molar-refractivity contribution in [1.29, 1.82) is 0 Å². The molecule has 1 rings (SSSR count). The Morgan fingerprint density at radius 1 is 1.69 bits per heavy atom. The smallest absolute Gasteiger partial charge is 0.319 e. The fourth-order valence-electron chi connectivity index (χ4n) is 0.995. The van der Waals surface area contributed by atoms with E-state index in [1.165, 1.54) is 7.11 Å². The number of carbonyl (C=O) groups excluding carboxylic acids is 1. The molecular formula is C8H17NO4. The molecule has 1 heterocycles. The molecule has 0 amide bonds. The predicted octanol–water partition coefficient (Wildman–Crippen LogP) is -0.854. The number of methoxy groups -OCH3 is 1. The topological polar surface area (TPSA) is 67.8 Å². The molecule has 0 spiro atoms. The van der Waals surface area contributed by atoms with Gasteiger partial charge >= 0.3 is 5.97 Å². The summed E-state index contributed by atoms with van der Waals surface area (Å²) in [4.78, 5) is 10.6. The molecule has 0 saturated carbocycles. The van der Waals surface area contributed by atoms with Crippen molar-refractivity contribution in [2.24, 2.45) is 0 Å². The van der Waals surface area contributed by atoms with Gasteiger partial charge in [0.25, 0.3) is 0 Å². The van der Waals surface area contributed by atoms with E-state index in [4.69, 9.17) is 9.84 Å². The molecule has 0 aromatic heterocycles. The van der Waals surface area contributed by atoms with Crippen molar-refractivity contribution in [3.8, 4) is 0 Å². The molecule has 0 aromatic rings. The van der Waals surface area contributed by atoms with E-state index in [1.54, 1.807) is 0 Å². The van der Waals surface area contributed by atoms with E-state index in [0.29, 0.717) is 12.6 Å². The Labute approximate surface area is 78.0 Å². The highest BCUT2D eigenvalue weighted by Crippen LogP contribution is 2.02. The zero-order valence-corrected chi connectivity index (χ0v) is 8.08. The fourth-order valence-corrected chi connectivity index (χ4v) is 0.995. The van der Waals surface area contributed by atoms with Crippen molar-refractivity contribution in [2.45, 2.75) is 12.5 Å². The van der Waals surface area contributed by atoms with Gasteiger partial charge in [-0.15, -0.1) is 0 Å². The van der Waals surface area contributed by atoms with Crippen molar-refractivity contribution in [3.05, 3.63) is 0 Å². The molecule has 2 N–H and O–H groups in total. The second-order valence-corrected chi connectivity index (χ2v) is 2.52. The molecule has 0 aliphatic carbocycles. The van der Waals surface area contributed by atoms with Gasteiger partial charge in [-0.05, 0) is 6.42 Å². The third-order valence-corrected chi connectivity index (χ3v) is 1.69. The quantitative estimate of drug-likeness (QED) is 0.568. The molecule has 1 atom stereocenters. The molecule has 1 aliphatic rings. The number of esters is 1. The number of hydrogen-bond acceptors (Lipinski definition) is 5. The predicted molar refractivity (Wildman–Crippen MR) is 47.4 cm³/mol. The van der Waals surface area contributed by atoms with Crippen LogP contribution < -0.4 is 5.32 Å². The summed E-state index contributed by atoms with van der Waals surface area (Å²) in [6.45, 7) is 1.78. The zero-order chi connectivity index (χ0) is 10.1. The number of aliphatic hydroxyl groups excluding tert-OH is 1. The van der Waals surface area contributed by atoms with Gasteiger partial charge in [-0.1, -0.05) is 0 Å². The minimum atomic E-state index is -0.225. The Kier molecular flexibility index (Phi) is 7.57. The summed E-state index contributed by atoms with van der Waals surface area (Å²) in [6.07, 6.45) is 0.983. The van der Waals surface area contributed by atoms with Crippen molar-refractivity contribution in [3.63, 3.8) is 0 Å². The van der Waals surface area contributed by atoms with Gasteiger partial charge in [-0.3, -0.25) is 4.79 Å². The Morgan fingerprint density at radius 3 is 2.85 bits per heavy atom. The molecule has 1 aliphatic heterocycles. The zero-order valence-electron chi connectivity index (χ0n) is 8.08. The second-order valence-electron chi connectivity index (χ2n) is 2.52. The van der Waals surface area contributed by atoms with Crippen LogP contribution in [0, 0.1) is 0 Å². The summed E-state index contributed by atoms with van der Waals surface area (Å²) in [5.74, 6) is -0.225. The number of nitrogens with one attached hydrogen (secondary N) is 1. The van der Waals surface area contributed by atoms with Crippen molar-refractivity contribution < 1.29 is 19.4 Å². The molecule has 0 radical (unpaired) electrons. The standard InChI is InChI=1S/C7H13NO3.CH4O/c1-10-7(9)4-8-6-2-3-11-5-6;1-2/h6,8H,2-5H2,1H3;2H,1H3. The highest BCUT2D eigenvalue weighted by Gasteiger charge is 2.15. The van der Waals surface area contributed by atoms with Gasteiger partial charge in [0, 0.05) is 19.8 Å². The van der Waals surface area contributed by atoms with Crippen LogP contribution >= 0.6 is 0 Å². The lowest BCUT2D eigenvalue weighted by Gasteiger charge is -2.07. The first-order valence-corrected chi connectivity index (χ1v) is 4.15. The molecule has 1 unspecified atom stereocenters. The van der Waals surface area contributed by atoms with Crippen LogP contribution in [0.15, 0.2) is 0 Å². The van der Waals surface area contributed by atoms with E-state index in [2.05, 4.69) is 10.1 Å². The maximum Gasteiger partial charge on any atom is 0.319 e. The van der Waals surface area contributed by atoms with Gasteiger partial charge in [0.05, 0.1) is 20.3 Å². The van der Waals surface area contributed by atoms with Crippen LogP contribution in [0.4, 0.5) is 0 Å². The minimum absolute atomic E-state index is 0.225. The van der Waals surface area contributed by atoms with Crippen LogP contribution in [0.1, 0.15) is 6.42 Å². The number of rotatable bonds is 3. The molecule has 1 saturated heterocycles. The first kappa shape index (κ1) is 12.3. The van der Waals surface area contributed by atoms with Crippen molar-refractivity contribution >= 4 is 5.97 Å². The first-order valence-electron chi connectivity index (χ1n) is 4.15. The minimum Gasteiger partial charge on any atom is -0.468 e. The van der Waals surface area contributed by atoms with E-state index in [9.17, 15) is 4.79 Å². The summed E-state index contributed by atoms with van der Waals surface area (Å²) < 4.78 is 9.58. The summed E-state index contributed by atoms with van der Waals surface area (Å²) >= 11 is 0. The molecule has 13 heavy (non-hydrogen) atoms. The highest BCUT2D eigenvalue weighted by molar-refractivity contribution is 5.71. The van der Waals surface area contributed by atoms with Gasteiger partial charge in [0.2, 0.25) is 0 Å². The van der Waals surface area contributed by atoms with E-state index >= 15 is 0 Å². The SMILES string of the molecule is CO.COC(=O)CNC1CCOC1. The number of ether oxygens (including phenoxy) is 2. The van der Waals surface area contributed by atoms with Gasteiger partial charge in [0.15, 0.2) is 0 Å². The van der Waals surface area contributed by atoms with Crippen LogP contribution in [0.2, 0.25) is 0 Å². The number of aliphatic hydroxyl groups is 1. The maximum atomic E-state index is 10.6. The number of hydrogen-bond donors (Lipinski definition) is 2. The van der Waals surface area contributed by atoms with E-state index in [0.717, 1.165) is 20.1 Å². The van der Waals surface area contributed by atoms with Crippen molar-refractivity contribution in [1.82, 2.24) is 5.32 Å². The monoisotopic (exact) mass is 191 g/mol. The van der Waals surface area contributed by atoms with Gasteiger partial charge in [-0.25, -0.2) is 0 Å². The summed E-state index contributed by atoms with van der Waals surface area (Å²) in [7, 11) is 2.38. The molecule has 1 fully saturated rings. The average Bonchev–Trinajstić information content (AvgIpc) is 2.70. The summed E-state index contributed by atoms with van der Waals surface area (Å²) in [6, 6.07) is 0.328. The molecule has 5 heteroatoms. The van der Waals surface area contributed by atoms with Crippen molar-refractivity contribution in [2.75, 3.05) is 34.0 Å². The first-order chi connectivity index (χ1) is 6.33. The molecule has 5 nitrogen and oxygen atoms in total. The van der Waals surface area contributed by atoms with Gasteiger partial charge < -0.3 is 19.9 Å². The van der Waals surface area contributed by atoms with Crippen LogP contribution in [0.5, 0.6) is 0 Å². The fraction of sp³-hybridized carbons (Fsp3) is 0.875. The molecular weight excluding hydrogens is 174 g/mol.